The Bertz CT molecular complexity index is 1230. The van der Waals surface area contributed by atoms with Gasteiger partial charge in [-0.2, -0.15) is 0 Å². The van der Waals surface area contributed by atoms with E-state index in [1.807, 2.05) is 0 Å². The van der Waals surface area contributed by atoms with Gasteiger partial charge < -0.3 is 19.2 Å². The Morgan fingerprint density at radius 2 is 1.84 bits per heavy atom. The number of fused-ring (bicyclic) bond motifs is 1. The fourth-order valence-electron chi connectivity index (χ4n) is 2.83. The summed E-state index contributed by atoms with van der Waals surface area (Å²) in [5.74, 6) is -2.55. The van der Waals surface area contributed by atoms with Crippen LogP contribution in [0.4, 0.5) is 10.1 Å². The van der Waals surface area contributed by atoms with Gasteiger partial charge in [-0.15, -0.1) is 0 Å². The van der Waals surface area contributed by atoms with E-state index < -0.39 is 36.4 Å². The molecule has 1 aromatic heterocycles. The maximum atomic E-state index is 14.1. The number of hydrogen-bond acceptors (Lipinski definition) is 7. The number of esters is 1. The van der Waals surface area contributed by atoms with Crippen LogP contribution in [0.15, 0.2) is 51.7 Å². The van der Waals surface area contributed by atoms with Gasteiger partial charge in [0.05, 0.1) is 5.56 Å². The number of amides is 1. The molecule has 3 aromatic rings. The van der Waals surface area contributed by atoms with Gasteiger partial charge >= 0.3 is 11.6 Å². The summed E-state index contributed by atoms with van der Waals surface area (Å²) in [6.07, 6.45) is 0. The topological polar surface area (TPSA) is 112 Å². The highest BCUT2D eigenvalue weighted by Gasteiger charge is 2.15. The number of carbonyl (C=O) groups excluding carboxylic acids is 3. The summed E-state index contributed by atoms with van der Waals surface area (Å²) in [6, 6.07) is 9.67. The molecule has 0 aliphatic carbocycles. The van der Waals surface area contributed by atoms with Crippen LogP contribution in [0.3, 0.4) is 0 Å². The lowest BCUT2D eigenvalue weighted by Gasteiger charge is -2.09. The molecule has 0 aliphatic rings. The normalized spacial score (nSPS) is 10.5. The third-order valence-corrected chi connectivity index (χ3v) is 4.23. The summed E-state index contributed by atoms with van der Waals surface area (Å²) in [7, 11) is 0. The third kappa shape index (κ3) is 5.53. The molecule has 0 unspecified atom stereocenters. The van der Waals surface area contributed by atoms with Crippen molar-refractivity contribution >= 4 is 34.3 Å². The van der Waals surface area contributed by atoms with E-state index in [0.29, 0.717) is 5.58 Å². The predicted octanol–water partition coefficient (Wildman–Crippen LogP) is 3.00. The van der Waals surface area contributed by atoms with Gasteiger partial charge in [0, 0.05) is 30.1 Å². The van der Waals surface area contributed by atoms with Crippen molar-refractivity contribution in [2.45, 2.75) is 13.8 Å². The van der Waals surface area contributed by atoms with E-state index in [4.69, 9.17) is 13.9 Å². The molecule has 0 fully saturated rings. The molecule has 1 heterocycles. The van der Waals surface area contributed by atoms with E-state index in [9.17, 15) is 23.6 Å². The second-order valence-electron chi connectivity index (χ2n) is 6.65. The summed E-state index contributed by atoms with van der Waals surface area (Å²) in [5, 5.41) is 3.12. The van der Waals surface area contributed by atoms with Crippen molar-refractivity contribution in [3.63, 3.8) is 0 Å². The Morgan fingerprint density at radius 1 is 1.06 bits per heavy atom. The highest BCUT2D eigenvalue weighted by molar-refractivity contribution is 5.99. The van der Waals surface area contributed by atoms with Crippen molar-refractivity contribution in [1.82, 2.24) is 0 Å². The van der Waals surface area contributed by atoms with Crippen LogP contribution < -0.4 is 15.7 Å². The van der Waals surface area contributed by atoms with Crippen LogP contribution in [0.5, 0.6) is 5.75 Å². The number of ether oxygens (including phenoxy) is 2. The van der Waals surface area contributed by atoms with Crippen LogP contribution >= 0.6 is 0 Å². The van der Waals surface area contributed by atoms with E-state index >= 15 is 0 Å². The monoisotopic (exact) mass is 427 g/mol. The average Bonchev–Trinajstić information content (AvgIpc) is 2.69. The standard InChI is InChI=1S/C22H18FNO7/c1-12-7-21(27)31-20-9-15(4-6-16(12)20)29-11-22(28)30-10-19(26)17-5-3-14(8-18(17)23)24-13(2)25/h3-9H,10-11H2,1-2H3,(H,24,25). The summed E-state index contributed by atoms with van der Waals surface area (Å²) in [4.78, 5) is 46.4. The van der Waals surface area contributed by atoms with Crippen LogP contribution in [0.2, 0.25) is 0 Å². The van der Waals surface area contributed by atoms with Gasteiger partial charge in [-0.1, -0.05) is 0 Å². The van der Waals surface area contributed by atoms with Crippen molar-refractivity contribution < 1.29 is 32.7 Å². The number of rotatable bonds is 7. The zero-order valence-electron chi connectivity index (χ0n) is 16.7. The summed E-state index contributed by atoms with van der Waals surface area (Å²) >= 11 is 0. The lowest BCUT2D eigenvalue weighted by atomic mass is 10.1. The second kappa shape index (κ2) is 9.21. The number of benzene rings is 2. The smallest absolute Gasteiger partial charge is 0.344 e. The molecule has 0 aliphatic heterocycles. The van der Waals surface area contributed by atoms with Crippen molar-refractivity contribution in [2.75, 3.05) is 18.5 Å². The summed E-state index contributed by atoms with van der Waals surface area (Å²) in [6.45, 7) is 1.86. The van der Waals surface area contributed by atoms with E-state index in [1.54, 1.807) is 19.1 Å². The Morgan fingerprint density at radius 3 is 2.55 bits per heavy atom. The first-order valence-electron chi connectivity index (χ1n) is 9.16. The number of nitrogens with one attached hydrogen (secondary N) is 1. The van der Waals surface area contributed by atoms with Crippen molar-refractivity contribution in [1.29, 1.82) is 0 Å². The number of hydrogen-bond donors (Lipinski definition) is 1. The molecule has 2 aromatic carbocycles. The SMILES string of the molecule is CC(=O)Nc1ccc(C(=O)COC(=O)COc2ccc3c(C)cc(=O)oc3c2)c(F)c1. The van der Waals surface area contributed by atoms with E-state index in [1.165, 1.54) is 31.2 Å². The lowest BCUT2D eigenvalue weighted by molar-refractivity contribution is -0.144. The van der Waals surface area contributed by atoms with Crippen LogP contribution in [-0.2, 0) is 14.3 Å². The van der Waals surface area contributed by atoms with E-state index in [2.05, 4.69) is 5.32 Å². The summed E-state index contributed by atoms with van der Waals surface area (Å²) < 4.78 is 29.3. The number of halogens is 1. The zero-order chi connectivity index (χ0) is 22.5. The molecular formula is C22H18FNO7. The molecule has 1 amide bonds. The summed E-state index contributed by atoms with van der Waals surface area (Å²) in [5.41, 5.74) is 0.478. The lowest BCUT2D eigenvalue weighted by Crippen LogP contribution is -2.20. The first-order chi connectivity index (χ1) is 14.7. The minimum Gasteiger partial charge on any atom is -0.482 e. The number of Topliss-reactive ketones (excluding diaryl/α,β-unsaturated/α-hetero) is 1. The molecule has 0 atom stereocenters. The maximum Gasteiger partial charge on any atom is 0.344 e. The molecule has 0 radical (unpaired) electrons. The molecule has 0 saturated heterocycles. The highest BCUT2D eigenvalue weighted by Crippen LogP contribution is 2.22. The Labute approximate surface area is 175 Å². The molecular weight excluding hydrogens is 409 g/mol. The van der Waals surface area contributed by atoms with Gasteiger partial charge in [-0.3, -0.25) is 9.59 Å². The number of anilines is 1. The minimum atomic E-state index is -0.850. The second-order valence-corrected chi connectivity index (χ2v) is 6.65. The average molecular weight is 427 g/mol. The number of carbonyl (C=O) groups is 3. The quantitative estimate of drug-likeness (QED) is 0.350. The number of aryl methyl sites for hydroxylation is 1. The molecule has 1 N–H and O–H groups in total. The van der Waals surface area contributed by atoms with Gasteiger partial charge in [0.25, 0.3) is 0 Å². The molecule has 3 rings (SSSR count). The van der Waals surface area contributed by atoms with Gasteiger partial charge in [-0.05, 0) is 42.8 Å². The first-order valence-corrected chi connectivity index (χ1v) is 9.16. The van der Waals surface area contributed by atoms with Crippen molar-refractivity contribution in [3.05, 3.63) is 69.8 Å². The predicted molar refractivity (Wildman–Crippen MR) is 109 cm³/mol. The Hall–Kier alpha value is -4.01. The molecule has 9 heteroatoms. The van der Waals surface area contributed by atoms with Gasteiger partial charge in [-0.25, -0.2) is 14.0 Å². The number of ketones is 1. The largest absolute Gasteiger partial charge is 0.482 e. The molecule has 160 valence electrons. The van der Waals surface area contributed by atoms with E-state index in [-0.39, 0.29) is 22.9 Å². The van der Waals surface area contributed by atoms with Crippen molar-refractivity contribution in [3.8, 4) is 5.75 Å². The molecule has 0 saturated carbocycles. The van der Waals surface area contributed by atoms with Crippen LogP contribution in [0.25, 0.3) is 11.0 Å². The minimum absolute atomic E-state index is 0.202. The van der Waals surface area contributed by atoms with Crippen molar-refractivity contribution in [2.24, 2.45) is 0 Å². The zero-order valence-corrected chi connectivity index (χ0v) is 16.7. The van der Waals surface area contributed by atoms with Crippen LogP contribution in [0, 0.1) is 12.7 Å². The molecule has 0 bridgehead atoms. The molecule has 8 nitrogen and oxygen atoms in total. The van der Waals surface area contributed by atoms with Gasteiger partial charge in [0.15, 0.2) is 13.2 Å². The van der Waals surface area contributed by atoms with Gasteiger partial charge in [0.2, 0.25) is 11.7 Å². The fraction of sp³-hybridized carbons (Fsp3) is 0.182. The Balaban J connectivity index is 1.55. The first kappa shape index (κ1) is 21.7. The fourth-order valence-corrected chi connectivity index (χ4v) is 2.83. The molecule has 0 spiro atoms. The molecule has 31 heavy (non-hydrogen) atoms. The van der Waals surface area contributed by atoms with E-state index in [0.717, 1.165) is 17.0 Å². The van der Waals surface area contributed by atoms with Gasteiger partial charge in [0.1, 0.15) is 17.1 Å². The highest BCUT2D eigenvalue weighted by atomic mass is 19.1. The maximum absolute atomic E-state index is 14.1. The third-order valence-electron chi connectivity index (χ3n) is 4.23. The van der Waals surface area contributed by atoms with Crippen LogP contribution in [-0.4, -0.2) is 30.9 Å². The Kier molecular flexibility index (Phi) is 6.44. The van der Waals surface area contributed by atoms with Crippen LogP contribution in [0.1, 0.15) is 22.8 Å².